The second-order valence-electron chi connectivity index (χ2n) is 5.76. The summed E-state index contributed by atoms with van der Waals surface area (Å²) in [6.45, 7) is 1.72. The lowest BCUT2D eigenvalue weighted by Crippen LogP contribution is -2.12. The first kappa shape index (κ1) is 19.6. The van der Waals surface area contributed by atoms with Crippen LogP contribution in [0.1, 0.15) is 26.4 Å². The van der Waals surface area contributed by atoms with Crippen LogP contribution in [0, 0.1) is 17.0 Å². The van der Waals surface area contributed by atoms with Crippen LogP contribution in [-0.4, -0.2) is 29.7 Å². The molecule has 2 aromatic rings. The highest BCUT2D eigenvalue weighted by Crippen LogP contribution is 2.36. The number of nitro benzene ring substituents is 1. The molecule has 1 aromatic carbocycles. The lowest BCUT2D eigenvalue weighted by molar-refractivity contribution is -0.385. The maximum atomic E-state index is 12.9. The molecule has 0 bridgehead atoms. The van der Waals surface area contributed by atoms with Gasteiger partial charge in [0.25, 0.3) is 5.69 Å². The number of thiophene rings is 1. The number of hydrogen-bond acceptors (Lipinski definition) is 5. The lowest BCUT2D eigenvalue weighted by Gasteiger charge is -2.13. The zero-order valence-electron chi connectivity index (χ0n) is 14.1. The molecule has 0 N–H and O–H groups in total. The van der Waals surface area contributed by atoms with Gasteiger partial charge in [0, 0.05) is 26.4 Å². The third-order valence-corrected chi connectivity index (χ3v) is 4.53. The van der Waals surface area contributed by atoms with E-state index < -0.39 is 28.1 Å². The molecule has 0 fully saturated rings. The van der Waals surface area contributed by atoms with Crippen LogP contribution in [0.2, 0.25) is 0 Å². The molecule has 26 heavy (non-hydrogen) atoms. The molecule has 5 nitrogen and oxygen atoms in total. The van der Waals surface area contributed by atoms with Crippen LogP contribution in [0.15, 0.2) is 35.8 Å². The fraction of sp³-hybridized carbons (Fsp3) is 0.235. The van der Waals surface area contributed by atoms with Crippen molar-refractivity contribution >= 4 is 28.4 Å². The van der Waals surface area contributed by atoms with Crippen LogP contribution in [0.25, 0.3) is 5.57 Å². The summed E-state index contributed by atoms with van der Waals surface area (Å²) < 4.78 is 38.7. The number of carbonyl (C=O) groups excluding carboxylic acids is 1. The molecule has 0 aliphatic heterocycles. The molecule has 1 heterocycles. The number of rotatable bonds is 5. The molecule has 9 heteroatoms. The van der Waals surface area contributed by atoms with Crippen LogP contribution >= 0.6 is 11.3 Å². The van der Waals surface area contributed by atoms with Gasteiger partial charge in [-0.25, -0.2) is 0 Å². The van der Waals surface area contributed by atoms with Crippen molar-refractivity contribution in [2.24, 2.45) is 0 Å². The molecule has 0 radical (unpaired) electrons. The highest BCUT2D eigenvalue weighted by atomic mass is 32.1. The lowest BCUT2D eigenvalue weighted by atomic mass is 9.97. The van der Waals surface area contributed by atoms with E-state index in [2.05, 4.69) is 0 Å². The first-order chi connectivity index (χ1) is 12.0. The number of aryl methyl sites for hydroxylation is 1. The molecule has 0 saturated heterocycles. The molecule has 0 amide bonds. The van der Waals surface area contributed by atoms with E-state index in [1.54, 1.807) is 32.5 Å². The SMILES string of the molecule is Cc1ccsc1C(=O)C(=CN(C)C)c1ccc(C(F)(F)F)cc1[N+](=O)[O-]. The summed E-state index contributed by atoms with van der Waals surface area (Å²) in [5.41, 5.74) is -1.41. The van der Waals surface area contributed by atoms with Gasteiger partial charge in [-0.05, 0) is 36.1 Å². The fourth-order valence-electron chi connectivity index (χ4n) is 2.32. The van der Waals surface area contributed by atoms with Crippen molar-refractivity contribution in [3.63, 3.8) is 0 Å². The Bertz CT molecular complexity index is 886. The second kappa shape index (κ2) is 7.28. The fourth-order valence-corrected chi connectivity index (χ4v) is 3.20. The van der Waals surface area contributed by atoms with Crippen molar-refractivity contribution in [2.45, 2.75) is 13.1 Å². The number of Topliss-reactive ketones (excluding diaryl/α,β-unsaturated/α-hetero) is 1. The number of nitrogens with zero attached hydrogens (tertiary/aromatic N) is 2. The first-order valence-electron chi connectivity index (χ1n) is 7.35. The molecular formula is C17H15F3N2O3S. The Morgan fingerprint density at radius 1 is 1.27 bits per heavy atom. The van der Waals surface area contributed by atoms with Gasteiger partial charge in [0.15, 0.2) is 0 Å². The Morgan fingerprint density at radius 2 is 1.92 bits per heavy atom. The van der Waals surface area contributed by atoms with Gasteiger partial charge in [-0.2, -0.15) is 13.2 Å². The van der Waals surface area contributed by atoms with Crippen molar-refractivity contribution in [3.8, 4) is 0 Å². The van der Waals surface area contributed by atoms with E-state index in [4.69, 9.17) is 0 Å². The van der Waals surface area contributed by atoms with Crippen LogP contribution in [0.5, 0.6) is 0 Å². The largest absolute Gasteiger partial charge is 0.416 e. The predicted molar refractivity (Wildman–Crippen MR) is 93.1 cm³/mol. The number of carbonyl (C=O) groups is 1. The van der Waals surface area contributed by atoms with Gasteiger partial charge in [0.05, 0.1) is 26.5 Å². The number of nitro groups is 1. The second-order valence-corrected chi connectivity index (χ2v) is 6.67. The highest BCUT2D eigenvalue weighted by Gasteiger charge is 2.34. The number of hydrogen-bond donors (Lipinski definition) is 0. The summed E-state index contributed by atoms with van der Waals surface area (Å²) >= 11 is 1.17. The topological polar surface area (TPSA) is 63.5 Å². The van der Waals surface area contributed by atoms with Gasteiger partial charge >= 0.3 is 6.18 Å². The summed E-state index contributed by atoms with van der Waals surface area (Å²) in [7, 11) is 3.23. The van der Waals surface area contributed by atoms with Gasteiger partial charge in [-0.3, -0.25) is 14.9 Å². The van der Waals surface area contributed by atoms with E-state index >= 15 is 0 Å². The van der Waals surface area contributed by atoms with Crippen LogP contribution in [0.3, 0.4) is 0 Å². The molecule has 2 rings (SSSR count). The van der Waals surface area contributed by atoms with Crippen LogP contribution in [0.4, 0.5) is 18.9 Å². The average molecular weight is 384 g/mol. The maximum Gasteiger partial charge on any atom is 0.416 e. The molecule has 0 atom stereocenters. The summed E-state index contributed by atoms with van der Waals surface area (Å²) in [6.07, 6.45) is -3.35. The van der Waals surface area contributed by atoms with Crippen molar-refractivity contribution in [2.75, 3.05) is 14.1 Å². The minimum absolute atomic E-state index is 0.0408. The molecular weight excluding hydrogens is 369 g/mol. The van der Waals surface area contributed by atoms with Gasteiger partial charge in [-0.1, -0.05) is 0 Å². The van der Waals surface area contributed by atoms with Crippen LogP contribution in [-0.2, 0) is 6.18 Å². The van der Waals surface area contributed by atoms with E-state index in [0.29, 0.717) is 16.5 Å². The monoisotopic (exact) mass is 384 g/mol. The number of benzene rings is 1. The molecule has 0 spiro atoms. The van der Waals surface area contributed by atoms with Crippen LogP contribution < -0.4 is 0 Å². The van der Waals surface area contributed by atoms with E-state index in [-0.39, 0.29) is 11.1 Å². The smallest absolute Gasteiger partial charge is 0.383 e. The highest BCUT2D eigenvalue weighted by molar-refractivity contribution is 7.12. The summed E-state index contributed by atoms with van der Waals surface area (Å²) in [6, 6.07) is 3.89. The Balaban J connectivity index is 2.68. The number of allylic oxidation sites excluding steroid dienone is 1. The molecule has 138 valence electrons. The Morgan fingerprint density at radius 3 is 2.38 bits per heavy atom. The van der Waals surface area contributed by atoms with Gasteiger partial charge < -0.3 is 4.90 Å². The zero-order chi connectivity index (χ0) is 19.6. The summed E-state index contributed by atoms with van der Waals surface area (Å²) in [5.74, 6) is -0.478. The van der Waals surface area contributed by atoms with E-state index in [1.807, 2.05) is 0 Å². The molecule has 0 unspecified atom stereocenters. The predicted octanol–water partition coefficient (Wildman–Crippen LogP) is 4.77. The molecule has 0 saturated carbocycles. The van der Waals surface area contributed by atoms with Crippen molar-refractivity contribution < 1.29 is 22.9 Å². The summed E-state index contributed by atoms with van der Waals surface area (Å²) in [4.78, 5) is 25.2. The van der Waals surface area contributed by atoms with E-state index in [1.165, 1.54) is 22.4 Å². The van der Waals surface area contributed by atoms with E-state index in [9.17, 15) is 28.1 Å². The first-order valence-corrected chi connectivity index (χ1v) is 8.23. The molecule has 0 aliphatic rings. The van der Waals surface area contributed by atoms with Gasteiger partial charge in [-0.15, -0.1) is 11.3 Å². The van der Waals surface area contributed by atoms with Crippen molar-refractivity contribution in [3.05, 3.63) is 67.5 Å². The zero-order valence-corrected chi connectivity index (χ0v) is 14.9. The molecule has 0 aliphatic carbocycles. The molecule has 1 aromatic heterocycles. The number of ketones is 1. The van der Waals surface area contributed by atoms with Crippen molar-refractivity contribution in [1.82, 2.24) is 4.90 Å². The normalized spacial score (nSPS) is 12.2. The third-order valence-electron chi connectivity index (χ3n) is 3.51. The summed E-state index contributed by atoms with van der Waals surface area (Å²) in [5, 5.41) is 13.1. The van der Waals surface area contributed by atoms with E-state index in [0.717, 1.165) is 12.1 Å². The Labute approximate surface area is 151 Å². The van der Waals surface area contributed by atoms with Gasteiger partial charge in [0.2, 0.25) is 5.78 Å². The quantitative estimate of drug-likeness (QED) is 0.322. The van der Waals surface area contributed by atoms with Crippen molar-refractivity contribution in [1.29, 1.82) is 0 Å². The third kappa shape index (κ3) is 4.10. The maximum absolute atomic E-state index is 12.9. The number of halogens is 3. The minimum Gasteiger partial charge on any atom is -0.383 e. The van der Waals surface area contributed by atoms with Gasteiger partial charge in [0.1, 0.15) is 0 Å². The average Bonchev–Trinajstić information content (AvgIpc) is 2.96. The number of alkyl halides is 3. The Hall–Kier alpha value is -2.68. The standard InChI is InChI=1S/C17H15F3N2O3S/c1-10-6-7-26-16(10)15(23)13(9-21(2)3)12-5-4-11(17(18,19)20)8-14(12)22(24)25/h4-9H,1-3H3. The Kier molecular flexibility index (Phi) is 5.50. The minimum atomic E-state index is -4.72.